The number of halogens is 1. The fourth-order valence-electron chi connectivity index (χ4n) is 2.24. The second kappa shape index (κ2) is 9.56. The van der Waals surface area contributed by atoms with E-state index >= 15 is 0 Å². The Morgan fingerprint density at radius 1 is 1.00 bits per heavy atom. The zero-order valence-electron chi connectivity index (χ0n) is 15.0. The molecule has 0 heterocycles. The molecule has 2 rings (SSSR count). The Hall–Kier alpha value is -2.89. The summed E-state index contributed by atoms with van der Waals surface area (Å²) in [6.45, 7) is 4.74. The van der Waals surface area contributed by atoms with Crippen LogP contribution in [-0.2, 0) is 0 Å². The average Bonchev–Trinajstić information content (AvgIpc) is 2.65. The van der Waals surface area contributed by atoms with Crippen molar-refractivity contribution in [2.75, 3.05) is 19.7 Å². The van der Waals surface area contributed by atoms with Gasteiger partial charge in [0.25, 0.3) is 11.8 Å². The zero-order valence-corrected chi connectivity index (χ0v) is 15.0. The Morgan fingerprint density at radius 3 is 2.27 bits per heavy atom. The highest BCUT2D eigenvalue weighted by Crippen LogP contribution is 2.13. The van der Waals surface area contributed by atoms with Crippen molar-refractivity contribution < 1.29 is 18.7 Å². The quantitative estimate of drug-likeness (QED) is 0.713. The van der Waals surface area contributed by atoms with Crippen molar-refractivity contribution in [1.29, 1.82) is 0 Å². The van der Waals surface area contributed by atoms with Gasteiger partial charge in [0.1, 0.15) is 11.6 Å². The first-order chi connectivity index (χ1) is 12.5. The summed E-state index contributed by atoms with van der Waals surface area (Å²) in [7, 11) is 0. The van der Waals surface area contributed by atoms with Gasteiger partial charge < -0.3 is 15.4 Å². The fourth-order valence-corrected chi connectivity index (χ4v) is 2.24. The van der Waals surface area contributed by atoms with Gasteiger partial charge in [-0.25, -0.2) is 4.39 Å². The number of benzene rings is 2. The third kappa shape index (κ3) is 5.58. The molecule has 0 aliphatic carbocycles. The maximum absolute atomic E-state index is 13.5. The van der Waals surface area contributed by atoms with Crippen LogP contribution in [0, 0.1) is 12.7 Å². The summed E-state index contributed by atoms with van der Waals surface area (Å²) in [5.74, 6) is -0.402. The van der Waals surface area contributed by atoms with E-state index in [1.807, 2.05) is 6.92 Å². The summed E-state index contributed by atoms with van der Waals surface area (Å²) in [5.41, 5.74) is 1.23. The molecule has 0 unspecified atom stereocenters. The summed E-state index contributed by atoms with van der Waals surface area (Å²) >= 11 is 0. The van der Waals surface area contributed by atoms with E-state index in [0.29, 0.717) is 23.5 Å². The van der Waals surface area contributed by atoms with Gasteiger partial charge in [-0.1, -0.05) is 19.1 Å². The van der Waals surface area contributed by atoms with E-state index in [9.17, 15) is 14.0 Å². The second-order valence-electron chi connectivity index (χ2n) is 5.85. The number of aryl methyl sites for hydroxylation is 1. The van der Waals surface area contributed by atoms with E-state index in [-0.39, 0.29) is 30.5 Å². The molecule has 138 valence electrons. The Bertz CT molecular complexity index is 777. The summed E-state index contributed by atoms with van der Waals surface area (Å²) in [6, 6.07) is 11.3. The summed E-state index contributed by atoms with van der Waals surface area (Å²) < 4.78 is 19.0. The molecule has 0 radical (unpaired) electrons. The Balaban J connectivity index is 1.79. The van der Waals surface area contributed by atoms with Crippen LogP contribution in [-0.4, -0.2) is 31.5 Å². The maximum Gasteiger partial charge on any atom is 0.251 e. The molecule has 2 N–H and O–H groups in total. The number of hydrogen-bond donors (Lipinski definition) is 2. The van der Waals surface area contributed by atoms with Gasteiger partial charge in [-0.15, -0.1) is 0 Å². The Kier molecular flexibility index (Phi) is 7.14. The van der Waals surface area contributed by atoms with Crippen LogP contribution in [0.2, 0.25) is 0 Å². The number of carbonyl (C=O) groups excluding carboxylic acids is 2. The van der Waals surface area contributed by atoms with E-state index in [2.05, 4.69) is 10.6 Å². The number of hydrogen-bond acceptors (Lipinski definition) is 3. The summed E-state index contributed by atoms with van der Waals surface area (Å²) in [4.78, 5) is 24.1. The minimum Gasteiger partial charge on any atom is -0.494 e. The van der Waals surface area contributed by atoms with Gasteiger partial charge in [-0.05, 0) is 49.2 Å². The lowest BCUT2D eigenvalue weighted by Crippen LogP contribution is -2.34. The normalized spacial score (nSPS) is 10.3. The third-order valence-electron chi connectivity index (χ3n) is 3.70. The fraction of sp³-hybridized carbons (Fsp3) is 0.300. The molecule has 2 aromatic rings. The lowest BCUT2D eigenvalue weighted by molar-refractivity contribution is 0.0927. The molecule has 0 fully saturated rings. The SMILES string of the molecule is CCCOc1cccc(C(=O)NCCNC(=O)c2ccc(C)c(F)c2)c1. The number of ether oxygens (including phenoxy) is 1. The molecule has 26 heavy (non-hydrogen) atoms. The first-order valence-electron chi connectivity index (χ1n) is 8.56. The zero-order chi connectivity index (χ0) is 18.9. The molecule has 6 heteroatoms. The van der Waals surface area contributed by atoms with Gasteiger partial charge in [0.05, 0.1) is 6.61 Å². The van der Waals surface area contributed by atoms with Crippen molar-refractivity contribution in [2.24, 2.45) is 0 Å². The van der Waals surface area contributed by atoms with Gasteiger partial charge in [0.15, 0.2) is 0 Å². The molecule has 2 amide bonds. The molecule has 0 atom stereocenters. The molecule has 2 aromatic carbocycles. The molecule has 0 saturated heterocycles. The van der Waals surface area contributed by atoms with Crippen molar-refractivity contribution in [2.45, 2.75) is 20.3 Å². The molecule has 5 nitrogen and oxygen atoms in total. The first-order valence-corrected chi connectivity index (χ1v) is 8.56. The molecule has 0 aromatic heterocycles. The summed E-state index contributed by atoms with van der Waals surface area (Å²) in [6.07, 6.45) is 0.890. The topological polar surface area (TPSA) is 67.4 Å². The van der Waals surface area contributed by atoms with Gasteiger partial charge in [-0.2, -0.15) is 0 Å². The molecule has 0 spiro atoms. The highest BCUT2D eigenvalue weighted by molar-refractivity contribution is 5.95. The minimum atomic E-state index is -0.420. The van der Waals surface area contributed by atoms with Crippen molar-refractivity contribution in [3.63, 3.8) is 0 Å². The average molecular weight is 358 g/mol. The highest BCUT2D eigenvalue weighted by atomic mass is 19.1. The number of rotatable bonds is 8. The van der Waals surface area contributed by atoms with Gasteiger partial charge >= 0.3 is 0 Å². The predicted octanol–water partition coefficient (Wildman–Crippen LogP) is 3.08. The predicted molar refractivity (Wildman–Crippen MR) is 98.0 cm³/mol. The van der Waals surface area contributed by atoms with Crippen LogP contribution in [0.5, 0.6) is 5.75 Å². The first kappa shape index (κ1) is 19.4. The Labute approximate surface area is 152 Å². The van der Waals surface area contributed by atoms with E-state index in [0.717, 1.165) is 6.42 Å². The summed E-state index contributed by atoms with van der Waals surface area (Å²) in [5, 5.41) is 5.37. The number of carbonyl (C=O) groups is 2. The minimum absolute atomic E-state index is 0.242. The highest BCUT2D eigenvalue weighted by Gasteiger charge is 2.09. The van der Waals surface area contributed by atoms with Gasteiger partial charge in [0.2, 0.25) is 0 Å². The van der Waals surface area contributed by atoms with Crippen molar-refractivity contribution >= 4 is 11.8 Å². The maximum atomic E-state index is 13.5. The van der Waals surface area contributed by atoms with Crippen LogP contribution >= 0.6 is 0 Å². The molecule has 0 bridgehead atoms. The molecular weight excluding hydrogens is 335 g/mol. The van der Waals surface area contributed by atoms with Crippen molar-refractivity contribution in [3.05, 3.63) is 65.0 Å². The van der Waals surface area contributed by atoms with Gasteiger partial charge in [0, 0.05) is 24.2 Å². The van der Waals surface area contributed by atoms with E-state index < -0.39 is 5.82 Å². The van der Waals surface area contributed by atoms with Crippen LogP contribution in [0.4, 0.5) is 4.39 Å². The van der Waals surface area contributed by atoms with Crippen LogP contribution in [0.3, 0.4) is 0 Å². The third-order valence-corrected chi connectivity index (χ3v) is 3.70. The molecule has 0 aliphatic heterocycles. The van der Waals surface area contributed by atoms with Crippen LogP contribution in [0.15, 0.2) is 42.5 Å². The molecule has 0 aliphatic rings. The lowest BCUT2D eigenvalue weighted by atomic mass is 10.1. The Morgan fingerprint density at radius 2 is 1.65 bits per heavy atom. The molecule has 0 saturated carbocycles. The number of nitrogens with one attached hydrogen (secondary N) is 2. The van der Waals surface area contributed by atoms with E-state index in [1.54, 1.807) is 43.3 Å². The number of amides is 2. The lowest BCUT2D eigenvalue weighted by Gasteiger charge is -2.09. The molecular formula is C20H23FN2O3. The standard InChI is InChI=1S/C20H23FN2O3/c1-3-11-26-17-6-4-5-15(12-17)19(24)22-9-10-23-20(25)16-8-7-14(2)18(21)13-16/h4-8,12-13H,3,9-11H2,1-2H3,(H,22,24)(H,23,25). The van der Waals surface area contributed by atoms with E-state index in [4.69, 9.17) is 4.74 Å². The largest absolute Gasteiger partial charge is 0.494 e. The monoisotopic (exact) mass is 358 g/mol. The van der Waals surface area contributed by atoms with Crippen LogP contribution < -0.4 is 15.4 Å². The van der Waals surface area contributed by atoms with Crippen LogP contribution in [0.1, 0.15) is 39.6 Å². The smallest absolute Gasteiger partial charge is 0.251 e. The van der Waals surface area contributed by atoms with E-state index in [1.165, 1.54) is 6.07 Å². The van der Waals surface area contributed by atoms with Crippen LogP contribution in [0.25, 0.3) is 0 Å². The van der Waals surface area contributed by atoms with Gasteiger partial charge in [-0.3, -0.25) is 9.59 Å². The van der Waals surface area contributed by atoms with Crippen molar-refractivity contribution in [3.8, 4) is 5.75 Å². The van der Waals surface area contributed by atoms with Crippen molar-refractivity contribution in [1.82, 2.24) is 10.6 Å². The second-order valence-corrected chi connectivity index (χ2v) is 5.85.